The number of ether oxygens (including phenoxy) is 1. The third-order valence-corrected chi connectivity index (χ3v) is 1.77. The van der Waals surface area contributed by atoms with Gasteiger partial charge in [-0.3, -0.25) is 4.79 Å². The number of esters is 1. The van der Waals surface area contributed by atoms with Gasteiger partial charge in [0.05, 0.1) is 18.6 Å². The molecule has 1 aromatic heterocycles. The van der Waals surface area contributed by atoms with Crippen molar-refractivity contribution in [3.8, 4) is 6.07 Å². The normalized spacial score (nSPS) is 9.33. The first-order chi connectivity index (χ1) is 7.17. The van der Waals surface area contributed by atoms with E-state index in [0.717, 1.165) is 0 Å². The topological polar surface area (TPSA) is 89.0 Å². The monoisotopic (exact) mass is 205 g/mol. The Bertz CT molecular complexity index is 410. The average molecular weight is 205 g/mol. The molecule has 1 rings (SSSR count). The lowest BCUT2D eigenvalue weighted by Crippen LogP contribution is -2.09. The molecule has 0 atom stereocenters. The lowest BCUT2D eigenvalue weighted by atomic mass is 10.1. The Morgan fingerprint density at radius 1 is 1.73 bits per heavy atom. The molecule has 78 valence electrons. The van der Waals surface area contributed by atoms with E-state index in [9.17, 15) is 4.79 Å². The smallest absolute Gasteiger partial charge is 0.310 e. The summed E-state index contributed by atoms with van der Waals surface area (Å²) in [6.45, 7) is 2.05. The number of aromatic nitrogens is 1. The Hall–Kier alpha value is -2.09. The Kier molecular flexibility index (Phi) is 3.63. The van der Waals surface area contributed by atoms with Gasteiger partial charge in [-0.05, 0) is 18.6 Å². The molecule has 0 fully saturated rings. The van der Waals surface area contributed by atoms with Crippen molar-refractivity contribution >= 4 is 11.8 Å². The minimum absolute atomic E-state index is 0.0451. The number of rotatable bonds is 3. The number of hydrogen-bond donors (Lipinski definition) is 1. The Morgan fingerprint density at radius 2 is 2.47 bits per heavy atom. The number of nitrogens with zero attached hydrogens (tertiary/aromatic N) is 2. The highest BCUT2D eigenvalue weighted by molar-refractivity contribution is 5.73. The minimum Gasteiger partial charge on any atom is -0.466 e. The van der Waals surface area contributed by atoms with Crippen LogP contribution >= 0.6 is 0 Å². The number of pyridine rings is 1. The van der Waals surface area contributed by atoms with Gasteiger partial charge in [0, 0.05) is 6.20 Å². The molecular formula is C10H11N3O2. The van der Waals surface area contributed by atoms with Gasteiger partial charge in [0.1, 0.15) is 11.9 Å². The average Bonchev–Trinajstić information content (AvgIpc) is 2.18. The fourth-order valence-electron chi connectivity index (χ4n) is 1.13. The summed E-state index contributed by atoms with van der Waals surface area (Å²) >= 11 is 0. The molecule has 1 aromatic rings. The number of anilines is 1. The number of nitrogens with two attached hydrogens (primary N) is 1. The number of hydrogen-bond acceptors (Lipinski definition) is 5. The number of nitrogen functional groups attached to an aromatic ring is 1. The van der Waals surface area contributed by atoms with Crippen LogP contribution in [0.1, 0.15) is 18.1 Å². The van der Waals surface area contributed by atoms with Crippen molar-refractivity contribution in [1.29, 1.82) is 5.26 Å². The maximum Gasteiger partial charge on any atom is 0.310 e. The number of carbonyl (C=O) groups is 1. The Balaban J connectivity index is 2.88. The molecule has 0 aliphatic rings. The zero-order valence-electron chi connectivity index (χ0n) is 8.36. The first-order valence-electron chi connectivity index (χ1n) is 4.47. The molecule has 1 heterocycles. The molecule has 0 aromatic carbocycles. The Labute approximate surface area is 87.5 Å². The predicted octanol–water partition coefficient (Wildman–Crippen LogP) is 0.641. The molecule has 0 saturated heterocycles. The van der Waals surface area contributed by atoms with Crippen LogP contribution in [0.3, 0.4) is 0 Å². The van der Waals surface area contributed by atoms with Crippen LogP contribution in [0, 0.1) is 11.3 Å². The fourth-order valence-corrected chi connectivity index (χ4v) is 1.13. The maximum absolute atomic E-state index is 11.2. The molecule has 0 radical (unpaired) electrons. The fraction of sp³-hybridized carbons (Fsp3) is 0.300. The van der Waals surface area contributed by atoms with Crippen LogP contribution in [0.15, 0.2) is 12.3 Å². The van der Waals surface area contributed by atoms with Gasteiger partial charge in [0.2, 0.25) is 0 Å². The van der Waals surface area contributed by atoms with Crippen LogP contribution in [0.25, 0.3) is 0 Å². The van der Waals surface area contributed by atoms with Crippen molar-refractivity contribution in [3.05, 3.63) is 23.4 Å². The van der Waals surface area contributed by atoms with Crippen molar-refractivity contribution in [2.45, 2.75) is 13.3 Å². The van der Waals surface area contributed by atoms with Crippen molar-refractivity contribution in [2.75, 3.05) is 12.3 Å². The van der Waals surface area contributed by atoms with Crippen LogP contribution in [0.4, 0.5) is 5.82 Å². The molecule has 0 saturated carbocycles. The molecule has 0 amide bonds. The van der Waals surface area contributed by atoms with E-state index < -0.39 is 0 Å². The highest BCUT2D eigenvalue weighted by Crippen LogP contribution is 2.11. The van der Waals surface area contributed by atoms with Gasteiger partial charge < -0.3 is 10.5 Å². The zero-order valence-corrected chi connectivity index (χ0v) is 8.36. The van der Waals surface area contributed by atoms with Gasteiger partial charge in [-0.1, -0.05) is 0 Å². The number of nitriles is 1. The lowest BCUT2D eigenvalue weighted by molar-refractivity contribution is -0.142. The second-order valence-electron chi connectivity index (χ2n) is 2.86. The van der Waals surface area contributed by atoms with Gasteiger partial charge >= 0.3 is 5.97 Å². The van der Waals surface area contributed by atoms with Gasteiger partial charge in [-0.2, -0.15) is 5.26 Å². The van der Waals surface area contributed by atoms with Crippen molar-refractivity contribution in [1.82, 2.24) is 4.98 Å². The summed E-state index contributed by atoms with van der Waals surface area (Å²) in [4.78, 5) is 15.0. The van der Waals surface area contributed by atoms with Crippen molar-refractivity contribution in [2.24, 2.45) is 0 Å². The van der Waals surface area contributed by atoms with Crippen LogP contribution in [0.2, 0.25) is 0 Å². The van der Waals surface area contributed by atoms with Gasteiger partial charge in [0.15, 0.2) is 0 Å². The van der Waals surface area contributed by atoms with E-state index in [4.69, 9.17) is 15.7 Å². The van der Waals surface area contributed by atoms with Gasteiger partial charge in [0.25, 0.3) is 0 Å². The summed E-state index contributed by atoms with van der Waals surface area (Å²) < 4.78 is 4.78. The van der Waals surface area contributed by atoms with Crippen molar-refractivity contribution < 1.29 is 9.53 Å². The van der Waals surface area contributed by atoms with Crippen LogP contribution in [-0.2, 0) is 16.0 Å². The Morgan fingerprint density at radius 3 is 3.07 bits per heavy atom. The molecular weight excluding hydrogens is 194 g/mol. The summed E-state index contributed by atoms with van der Waals surface area (Å²) in [6, 6.07) is 3.45. The largest absolute Gasteiger partial charge is 0.466 e. The third kappa shape index (κ3) is 2.95. The zero-order chi connectivity index (χ0) is 11.3. The van der Waals surface area contributed by atoms with Crippen LogP contribution < -0.4 is 5.73 Å². The van der Waals surface area contributed by atoms with Gasteiger partial charge in [-0.25, -0.2) is 4.98 Å². The quantitative estimate of drug-likeness (QED) is 0.731. The first kappa shape index (κ1) is 11.0. The van der Waals surface area contributed by atoms with E-state index in [1.807, 2.05) is 6.07 Å². The summed E-state index contributed by atoms with van der Waals surface area (Å²) in [5.74, 6) is -0.0899. The molecule has 5 heteroatoms. The molecule has 5 nitrogen and oxygen atoms in total. The van der Waals surface area contributed by atoms with E-state index in [2.05, 4.69) is 4.98 Å². The van der Waals surface area contributed by atoms with E-state index in [1.54, 1.807) is 6.92 Å². The van der Waals surface area contributed by atoms with E-state index in [0.29, 0.717) is 17.7 Å². The summed E-state index contributed by atoms with van der Waals surface area (Å²) in [5, 5.41) is 8.77. The second-order valence-corrected chi connectivity index (χ2v) is 2.86. The van der Waals surface area contributed by atoms with Crippen LogP contribution in [0.5, 0.6) is 0 Å². The standard InChI is InChI=1S/C10H11N3O2/c1-2-15-10(14)4-7-3-9(12)13-6-8(7)5-11/h3,6H,2,4H2,1H3,(H2,12,13). The van der Waals surface area contributed by atoms with Crippen LogP contribution in [-0.4, -0.2) is 17.6 Å². The lowest BCUT2D eigenvalue weighted by Gasteiger charge is -2.04. The minimum atomic E-state index is -0.375. The summed E-state index contributed by atoms with van der Waals surface area (Å²) in [7, 11) is 0. The van der Waals surface area contributed by atoms with E-state index in [-0.39, 0.29) is 18.2 Å². The predicted molar refractivity (Wildman–Crippen MR) is 53.7 cm³/mol. The van der Waals surface area contributed by atoms with E-state index >= 15 is 0 Å². The molecule has 0 bridgehead atoms. The molecule has 2 N–H and O–H groups in total. The highest BCUT2D eigenvalue weighted by atomic mass is 16.5. The first-order valence-corrected chi connectivity index (χ1v) is 4.47. The SMILES string of the molecule is CCOC(=O)Cc1cc(N)ncc1C#N. The molecule has 0 aliphatic carbocycles. The second kappa shape index (κ2) is 4.96. The summed E-state index contributed by atoms with van der Waals surface area (Å²) in [6.07, 6.45) is 1.40. The van der Waals surface area contributed by atoms with Gasteiger partial charge in [-0.15, -0.1) is 0 Å². The van der Waals surface area contributed by atoms with E-state index in [1.165, 1.54) is 12.3 Å². The highest BCUT2D eigenvalue weighted by Gasteiger charge is 2.09. The molecule has 15 heavy (non-hydrogen) atoms. The van der Waals surface area contributed by atoms with Crippen molar-refractivity contribution in [3.63, 3.8) is 0 Å². The summed E-state index contributed by atoms with van der Waals surface area (Å²) in [5.41, 5.74) is 6.35. The third-order valence-electron chi connectivity index (χ3n) is 1.77. The maximum atomic E-state index is 11.2. The number of carbonyl (C=O) groups excluding carboxylic acids is 1. The molecule has 0 spiro atoms. The molecule has 0 aliphatic heterocycles. The molecule has 0 unspecified atom stereocenters.